The molecule has 1 amide bonds. The number of amides is 1. The number of halogens is 3. The maximum absolute atomic E-state index is 12.7. The van der Waals surface area contributed by atoms with Crippen molar-refractivity contribution in [2.75, 3.05) is 12.4 Å². The Morgan fingerprint density at radius 3 is 2.51 bits per heavy atom. The molecule has 0 unspecified atom stereocenters. The molecule has 2 heterocycles. The minimum atomic E-state index is -4.41. The van der Waals surface area contributed by atoms with Crippen LogP contribution in [-0.4, -0.2) is 44.2 Å². The van der Waals surface area contributed by atoms with E-state index in [0.29, 0.717) is 23.2 Å². The van der Waals surface area contributed by atoms with Crippen LogP contribution in [0.3, 0.4) is 0 Å². The first-order valence-electron chi connectivity index (χ1n) is 11.1. The van der Waals surface area contributed by atoms with E-state index in [1.165, 1.54) is 18.3 Å². The van der Waals surface area contributed by atoms with E-state index in [-0.39, 0.29) is 5.75 Å². The fraction of sp³-hybridized carbons (Fsp3) is 0.160. The van der Waals surface area contributed by atoms with Crippen LogP contribution in [0.15, 0.2) is 83.3 Å². The first-order chi connectivity index (χ1) is 17.8. The number of rotatable bonds is 9. The highest BCUT2D eigenvalue weighted by Crippen LogP contribution is 2.29. The second-order valence-corrected chi connectivity index (χ2v) is 8.45. The lowest BCUT2D eigenvalue weighted by Gasteiger charge is -2.11. The summed E-state index contributed by atoms with van der Waals surface area (Å²) in [7, 11) is 0. The highest BCUT2D eigenvalue weighted by Gasteiger charge is 2.29. The number of nitrogens with zero attached hydrogens (tertiary/aromatic N) is 5. The zero-order valence-electron chi connectivity index (χ0n) is 19.5. The van der Waals surface area contributed by atoms with E-state index in [1.807, 2.05) is 41.8 Å². The van der Waals surface area contributed by atoms with Gasteiger partial charge in [-0.15, -0.1) is 10.2 Å². The molecule has 0 aliphatic heterocycles. The first kappa shape index (κ1) is 25.9. The average Bonchev–Trinajstić information content (AvgIpc) is 3.32. The number of carbonyl (C=O) groups excluding carboxylic acids is 1. The molecule has 8 nitrogen and oxygen atoms in total. The molecule has 0 atom stereocenters. The SMILES string of the molecule is CCOc1ccc(-n2c(SCC(=O)N/N=C/c3ccc(C(F)(F)F)cc3)nnc2-c2cccnc2)cc1. The molecule has 0 saturated carbocycles. The average molecular weight is 527 g/mol. The quantitative estimate of drug-likeness (QED) is 0.188. The van der Waals surface area contributed by atoms with Gasteiger partial charge in [0.2, 0.25) is 0 Å². The summed E-state index contributed by atoms with van der Waals surface area (Å²) in [5, 5.41) is 12.9. The third-order valence-electron chi connectivity index (χ3n) is 4.93. The molecule has 0 aliphatic carbocycles. The molecular formula is C25H21F3N6O2S. The van der Waals surface area contributed by atoms with Crippen molar-refractivity contribution in [3.63, 3.8) is 0 Å². The van der Waals surface area contributed by atoms with Gasteiger partial charge < -0.3 is 4.74 Å². The molecule has 0 spiro atoms. The maximum Gasteiger partial charge on any atom is 0.416 e. The van der Waals surface area contributed by atoms with Crippen LogP contribution in [0.25, 0.3) is 17.1 Å². The molecule has 2 aromatic heterocycles. The number of hydrogen-bond donors (Lipinski definition) is 1. The number of alkyl halides is 3. The van der Waals surface area contributed by atoms with Crippen LogP contribution < -0.4 is 10.2 Å². The number of pyridine rings is 1. The minimum absolute atomic E-state index is 0.0213. The Balaban J connectivity index is 1.46. The first-order valence-corrected chi connectivity index (χ1v) is 12.0. The third-order valence-corrected chi connectivity index (χ3v) is 5.86. The number of aromatic nitrogens is 4. The highest BCUT2D eigenvalue weighted by atomic mass is 32.2. The number of thioether (sulfide) groups is 1. The molecule has 1 N–H and O–H groups in total. The van der Waals surface area contributed by atoms with E-state index in [1.54, 1.807) is 18.5 Å². The molecule has 2 aromatic carbocycles. The van der Waals surface area contributed by atoms with Crippen molar-refractivity contribution in [2.24, 2.45) is 5.10 Å². The van der Waals surface area contributed by atoms with Crippen molar-refractivity contribution >= 4 is 23.9 Å². The molecule has 12 heteroatoms. The normalized spacial score (nSPS) is 11.6. The summed E-state index contributed by atoms with van der Waals surface area (Å²) >= 11 is 1.16. The van der Waals surface area contributed by atoms with E-state index in [2.05, 4.69) is 25.7 Å². The minimum Gasteiger partial charge on any atom is -0.494 e. The summed E-state index contributed by atoms with van der Waals surface area (Å²) in [6.45, 7) is 2.45. The smallest absolute Gasteiger partial charge is 0.416 e. The molecule has 0 saturated heterocycles. The van der Waals surface area contributed by atoms with Gasteiger partial charge in [-0.2, -0.15) is 18.3 Å². The van der Waals surface area contributed by atoms with Crippen LogP contribution in [0.1, 0.15) is 18.1 Å². The predicted molar refractivity (Wildman–Crippen MR) is 134 cm³/mol. The van der Waals surface area contributed by atoms with Gasteiger partial charge in [0.25, 0.3) is 5.91 Å². The van der Waals surface area contributed by atoms with E-state index in [0.717, 1.165) is 40.9 Å². The Hall–Kier alpha value is -4.19. The Morgan fingerprint density at radius 1 is 1.11 bits per heavy atom. The van der Waals surface area contributed by atoms with Gasteiger partial charge in [0.15, 0.2) is 11.0 Å². The van der Waals surface area contributed by atoms with E-state index in [4.69, 9.17) is 4.74 Å². The number of carbonyl (C=O) groups is 1. The standard InChI is InChI=1S/C25H21F3N6O2S/c1-2-36-21-11-9-20(10-12-21)34-23(18-4-3-13-29-15-18)32-33-24(34)37-16-22(35)31-30-14-17-5-7-19(8-6-17)25(26,27)28/h3-15H,2,16H2,1H3,(H,31,35)/b30-14+. The number of hydrogen-bond acceptors (Lipinski definition) is 7. The lowest BCUT2D eigenvalue weighted by Crippen LogP contribution is -2.20. The lowest BCUT2D eigenvalue weighted by molar-refractivity contribution is -0.137. The van der Waals surface area contributed by atoms with Crippen molar-refractivity contribution in [3.8, 4) is 22.8 Å². The van der Waals surface area contributed by atoms with Gasteiger partial charge in [-0.1, -0.05) is 23.9 Å². The maximum atomic E-state index is 12.7. The van der Waals surface area contributed by atoms with Gasteiger partial charge in [0.1, 0.15) is 5.75 Å². The molecule has 4 rings (SSSR count). The van der Waals surface area contributed by atoms with Crippen LogP contribution in [0.5, 0.6) is 5.75 Å². The Bertz CT molecular complexity index is 1360. The molecule has 0 bridgehead atoms. The second kappa shape index (κ2) is 11.7. The van der Waals surface area contributed by atoms with Gasteiger partial charge in [-0.3, -0.25) is 14.3 Å². The summed E-state index contributed by atoms with van der Waals surface area (Å²) in [6.07, 6.45) is 0.189. The lowest BCUT2D eigenvalue weighted by atomic mass is 10.1. The summed E-state index contributed by atoms with van der Waals surface area (Å²) in [5.74, 6) is 0.839. The third kappa shape index (κ3) is 6.73. The number of nitrogens with one attached hydrogen (secondary N) is 1. The van der Waals surface area contributed by atoms with Gasteiger partial charge in [0, 0.05) is 23.6 Å². The fourth-order valence-corrected chi connectivity index (χ4v) is 3.98. The number of ether oxygens (including phenoxy) is 1. The van der Waals surface area contributed by atoms with Crippen molar-refractivity contribution in [1.29, 1.82) is 0 Å². The summed E-state index contributed by atoms with van der Waals surface area (Å²) in [5.41, 5.74) is 3.55. The van der Waals surface area contributed by atoms with E-state index in [9.17, 15) is 18.0 Å². The zero-order chi connectivity index (χ0) is 26.3. The van der Waals surface area contributed by atoms with Crippen molar-refractivity contribution < 1.29 is 22.7 Å². The van der Waals surface area contributed by atoms with Crippen molar-refractivity contribution in [1.82, 2.24) is 25.2 Å². The molecule has 0 aliphatic rings. The Labute approximate surface area is 214 Å². The van der Waals surface area contributed by atoms with Crippen molar-refractivity contribution in [2.45, 2.75) is 18.3 Å². The van der Waals surface area contributed by atoms with Crippen LogP contribution in [0.4, 0.5) is 13.2 Å². The molecule has 37 heavy (non-hydrogen) atoms. The van der Waals surface area contributed by atoms with Crippen LogP contribution in [0.2, 0.25) is 0 Å². The van der Waals surface area contributed by atoms with Crippen LogP contribution in [0, 0.1) is 0 Å². The molecule has 0 radical (unpaired) electrons. The number of hydrazone groups is 1. The number of benzene rings is 2. The van der Waals surface area contributed by atoms with Crippen molar-refractivity contribution in [3.05, 3.63) is 84.2 Å². The summed E-state index contributed by atoms with van der Waals surface area (Å²) in [6, 6.07) is 15.5. The highest BCUT2D eigenvalue weighted by molar-refractivity contribution is 7.99. The molecule has 190 valence electrons. The Morgan fingerprint density at radius 2 is 1.86 bits per heavy atom. The molecule has 4 aromatic rings. The molecular weight excluding hydrogens is 505 g/mol. The molecule has 0 fully saturated rings. The van der Waals surface area contributed by atoms with Gasteiger partial charge in [-0.05, 0) is 61.0 Å². The topological polar surface area (TPSA) is 94.3 Å². The van der Waals surface area contributed by atoms with Gasteiger partial charge in [-0.25, -0.2) is 5.43 Å². The van der Waals surface area contributed by atoms with Crippen LogP contribution >= 0.6 is 11.8 Å². The van der Waals surface area contributed by atoms with E-state index < -0.39 is 17.6 Å². The largest absolute Gasteiger partial charge is 0.494 e. The van der Waals surface area contributed by atoms with E-state index >= 15 is 0 Å². The van der Waals surface area contributed by atoms with Crippen LogP contribution in [-0.2, 0) is 11.0 Å². The summed E-state index contributed by atoms with van der Waals surface area (Å²) < 4.78 is 45.4. The fourth-order valence-electron chi connectivity index (χ4n) is 3.24. The summed E-state index contributed by atoms with van der Waals surface area (Å²) in [4.78, 5) is 16.5. The predicted octanol–water partition coefficient (Wildman–Crippen LogP) is 4.99. The second-order valence-electron chi connectivity index (χ2n) is 7.51. The Kier molecular flexibility index (Phi) is 8.18. The van der Waals surface area contributed by atoms with Gasteiger partial charge >= 0.3 is 6.18 Å². The van der Waals surface area contributed by atoms with Gasteiger partial charge in [0.05, 0.1) is 24.1 Å². The zero-order valence-corrected chi connectivity index (χ0v) is 20.3. The monoisotopic (exact) mass is 526 g/mol.